The van der Waals surface area contributed by atoms with E-state index in [4.69, 9.17) is 4.74 Å². The van der Waals surface area contributed by atoms with Crippen LogP contribution in [0.3, 0.4) is 0 Å². The smallest absolute Gasteiger partial charge is 0.168 e. The van der Waals surface area contributed by atoms with Gasteiger partial charge in [-0.05, 0) is 38.5 Å². The number of anilines is 1. The highest BCUT2D eigenvalue weighted by atomic mass is 16.5. The zero-order valence-electron chi connectivity index (χ0n) is 11.7. The van der Waals surface area contributed by atoms with Crippen molar-refractivity contribution in [2.75, 3.05) is 19.0 Å². The molecule has 2 rings (SSSR count). The van der Waals surface area contributed by atoms with Crippen LogP contribution in [0.15, 0.2) is 24.4 Å². The lowest BCUT2D eigenvalue weighted by molar-refractivity contribution is 0.414. The maximum atomic E-state index is 5.24. The van der Waals surface area contributed by atoms with Crippen molar-refractivity contribution in [3.05, 3.63) is 35.8 Å². The van der Waals surface area contributed by atoms with Gasteiger partial charge in [-0.3, -0.25) is 4.68 Å². The molecule has 5 heteroatoms. The lowest BCUT2D eigenvalue weighted by Gasteiger charge is -2.10. The number of nitrogens with one attached hydrogen (secondary N) is 1. The Labute approximate surface area is 113 Å². The van der Waals surface area contributed by atoms with E-state index in [0.717, 1.165) is 36.8 Å². The molecule has 0 saturated carbocycles. The highest BCUT2D eigenvalue weighted by Crippen LogP contribution is 2.19. The van der Waals surface area contributed by atoms with E-state index in [1.54, 1.807) is 13.3 Å². The lowest BCUT2D eigenvalue weighted by atomic mass is 10.3. The van der Waals surface area contributed by atoms with Crippen molar-refractivity contribution < 1.29 is 4.74 Å². The quantitative estimate of drug-likeness (QED) is 0.810. The van der Waals surface area contributed by atoms with Gasteiger partial charge in [-0.15, -0.1) is 0 Å². The zero-order valence-corrected chi connectivity index (χ0v) is 11.7. The molecule has 5 nitrogen and oxygen atoms in total. The lowest BCUT2D eigenvalue weighted by Crippen LogP contribution is -2.10. The summed E-state index contributed by atoms with van der Waals surface area (Å²) in [6.45, 7) is 5.84. The second kappa shape index (κ2) is 6.22. The molecule has 0 spiro atoms. The average Bonchev–Trinajstić information content (AvgIpc) is 2.73. The first-order chi connectivity index (χ1) is 9.20. The SMILES string of the molecule is COc1cccnc1NCCCn1nc(C)cc1C. The number of hydrogen-bond donors (Lipinski definition) is 1. The first-order valence-electron chi connectivity index (χ1n) is 6.44. The number of ether oxygens (including phenoxy) is 1. The predicted octanol–water partition coefficient (Wildman–Crippen LogP) is 2.41. The van der Waals surface area contributed by atoms with Crippen LogP contribution in [-0.2, 0) is 6.54 Å². The number of pyridine rings is 1. The van der Waals surface area contributed by atoms with Gasteiger partial charge in [0.25, 0.3) is 0 Å². The van der Waals surface area contributed by atoms with E-state index in [1.165, 1.54) is 5.69 Å². The van der Waals surface area contributed by atoms with Crippen LogP contribution in [0.1, 0.15) is 17.8 Å². The Bertz CT molecular complexity index is 536. The van der Waals surface area contributed by atoms with E-state index in [-0.39, 0.29) is 0 Å². The summed E-state index contributed by atoms with van der Waals surface area (Å²) < 4.78 is 7.27. The number of hydrogen-bond acceptors (Lipinski definition) is 4. The van der Waals surface area contributed by atoms with Gasteiger partial charge in [0, 0.05) is 25.0 Å². The van der Waals surface area contributed by atoms with Crippen LogP contribution in [0.25, 0.3) is 0 Å². The van der Waals surface area contributed by atoms with Gasteiger partial charge in [0.1, 0.15) is 0 Å². The topological polar surface area (TPSA) is 52.0 Å². The summed E-state index contributed by atoms with van der Waals surface area (Å²) in [5.41, 5.74) is 2.27. The van der Waals surface area contributed by atoms with E-state index in [0.29, 0.717) is 0 Å². The summed E-state index contributed by atoms with van der Waals surface area (Å²) in [6.07, 6.45) is 2.74. The molecule has 0 bridgehead atoms. The minimum Gasteiger partial charge on any atom is -0.493 e. The third kappa shape index (κ3) is 3.47. The molecule has 2 aromatic rings. The molecule has 1 N–H and O–H groups in total. The van der Waals surface area contributed by atoms with Crippen LogP contribution >= 0.6 is 0 Å². The first kappa shape index (κ1) is 13.4. The van der Waals surface area contributed by atoms with Gasteiger partial charge in [0.2, 0.25) is 0 Å². The number of methoxy groups -OCH3 is 1. The van der Waals surface area contributed by atoms with Crippen LogP contribution < -0.4 is 10.1 Å². The Hall–Kier alpha value is -2.04. The van der Waals surface area contributed by atoms with Crippen molar-refractivity contribution in [2.24, 2.45) is 0 Å². The summed E-state index contributed by atoms with van der Waals surface area (Å²) in [5.74, 6) is 1.56. The second-order valence-electron chi connectivity index (χ2n) is 4.48. The fourth-order valence-electron chi connectivity index (χ4n) is 2.02. The third-order valence-electron chi connectivity index (χ3n) is 2.93. The Morgan fingerprint density at radius 3 is 2.89 bits per heavy atom. The average molecular weight is 260 g/mol. The molecule has 0 unspecified atom stereocenters. The van der Waals surface area contributed by atoms with Gasteiger partial charge in [-0.2, -0.15) is 5.10 Å². The standard InChI is InChI=1S/C14H20N4O/c1-11-10-12(2)18(17-11)9-5-8-16-14-13(19-3)6-4-7-15-14/h4,6-7,10H,5,8-9H2,1-3H3,(H,15,16). The van der Waals surface area contributed by atoms with Crippen LogP contribution in [0.5, 0.6) is 5.75 Å². The van der Waals surface area contributed by atoms with Crippen LogP contribution in [0.4, 0.5) is 5.82 Å². The second-order valence-corrected chi connectivity index (χ2v) is 4.48. The van der Waals surface area contributed by atoms with Gasteiger partial charge in [-0.25, -0.2) is 4.98 Å². The van der Waals surface area contributed by atoms with Gasteiger partial charge >= 0.3 is 0 Å². The van der Waals surface area contributed by atoms with Crippen molar-refractivity contribution in [1.29, 1.82) is 0 Å². The molecule has 0 fully saturated rings. The van der Waals surface area contributed by atoms with Crippen molar-refractivity contribution in [2.45, 2.75) is 26.8 Å². The van der Waals surface area contributed by atoms with Crippen LogP contribution in [0.2, 0.25) is 0 Å². The van der Waals surface area contributed by atoms with Crippen molar-refractivity contribution in [3.8, 4) is 5.75 Å². The van der Waals surface area contributed by atoms with Crippen molar-refractivity contribution in [3.63, 3.8) is 0 Å². The van der Waals surface area contributed by atoms with E-state index < -0.39 is 0 Å². The van der Waals surface area contributed by atoms with Gasteiger partial charge in [0.15, 0.2) is 11.6 Å². The Morgan fingerprint density at radius 1 is 1.37 bits per heavy atom. The Kier molecular flexibility index (Phi) is 4.39. The van der Waals surface area contributed by atoms with Crippen LogP contribution in [-0.4, -0.2) is 28.4 Å². The van der Waals surface area contributed by atoms with Gasteiger partial charge in [-0.1, -0.05) is 0 Å². The van der Waals surface area contributed by atoms with Gasteiger partial charge in [0.05, 0.1) is 12.8 Å². The van der Waals surface area contributed by atoms with E-state index in [9.17, 15) is 0 Å². The molecule has 0 aliphatic carbocycles. The maximum Gasteiger partial charge on any atom is 0.168 e. The Balaban J connectivity index is 1.82. The first-order valence-corrected chi connectivity index (χ1v) is 6.44. The monoisotopic (exact) mass is 260 g/mol. The minimum atomic E-state index is 0.772. The molecular formula is C14H20N4O. The molecule has 19 heavy (non-hydrogen) atoms. The van der Waals surface area contributed by atoms with E-state index in [1.807, 2.05) is 23.7 Å². The minimum absolute atomic E-state index is 0.772. The van der Waals surface area contributed by atoms with E-state index in [2.05, 4.69) is 28.4 Å². The molecular weight excluding hydrogens is 240 g/mol. The summed E-state index contributed by atoms with van der Waals surface area (Å²) in [4.78, 5) is 4.26. The summed E-state index contributed by atoms with van der Waals surface area (Å²) in [7, 11) is 1.65. The highest BCUT2D eigenvalue weighted by molar-refractivity contribution is 5.49. The predicted molar refractivity (Wildman–Crippen MR) is 75.6 cm³/mol. The van der Waals surface area contributed by atoms with Crippen molar-refractivity contribution in [1.82, 2.24) is 14.8 Å². The molecule has 0 atom stereocenters. The molecule has 0 radical (unpaired) electrons. The number of aromatic nitrogens is 3. The summed E-state index contributed by atoms with van der Waals surface area (Å²) in [6, 6.07) is 5.85. The summed E-state index contributed by atoms with van der Waals surface area (Å²) >= 11 is 0. The normalized spacial score (nSPS) is 10.5. The maximum absolute atomic E-state index is 5.24. The molecule has 0 aliphatic heterocycles. The van der Waals surface area contributed by atoms with E-state index >= 15 is 0 Å². The van der Waals surface area contributed by atoms with Crippen molar-refractivity contribution >= 4 is 5.82 Å². The number of rotatable bonds is 6. The number of nitrogens with zero attached hydrogens (tertiary/aromatic N) is 3. The molecule has 0 aromatic carbocycles. The molecule has 102 valence electrons. The highest BCUT2D eigenvalue weighted by Gasteiger charge is 2.03. The molecule has 0 saturated heterocycles. The van der Waals surface area contributed by atoms with Gasteiger partial charge < -0.3 is 10.1 Å². The fourth-order valence-corrected chi connectivity index (χ4v) is 2.02. The largest absolute Gasteiger partial charge is 0.493 e. The number of aryl methyl sites for hydroxylation is 3. The van der Waals surface area contributed by atoms with Crippen LogP contribution in [0, 0.1) is 13.8 Å². The molecule has 2 aromatic heterocycles. The zero-order chi connectivity index (χ0) is 13.7. The molecule has 0 amide bonds. The molecule has 2 heterocycles. The fraction of sp³-hybridized carbons (Fsp3) is 0.429. The third-order valence-corrected chi connectivity index (χ3v) is 2.93. The summed E-state index contributed by atoms with van der Waals surface area (Å²) in [5, 5.41) is 7.72. The molecule has 0 aliphatic rings. The Morgan fingerprint density at radius 2 is 2.21 bits per heavy atom.